The first-order valence-corrected chi connectivity index (χ1v) is 2.89. The van der Waals surface area contributed by atoms with Gasteiger partial charge >= 0.3 is 0 Å². The summed E-state index contributed by atoms with van der Waals surface area (Å²) >= 11 is 0. The van der Waals surface area contributed by atoms with Gasteiger partial charge in [0.05, 0.1) is 0 Å². The Hall–Kier alpha value is -2.01. The lowest BCUT2D eigenvalue weighted by Gasteiger charge is -1.86. The van der Waals surface area contributed by atoms with Gasteiger partial charge in [0.15, 0.2) is 11.4 Å². The number of nitrogens with zero attached hydrogens (tertiary/aromatic N) is 3. The summed E-state index contributed by atoms with van der Waals surface area (Å²) in [5.74, 6) is 0.429. The first-order chi connectivity index (χ1) is 5.31. The van der Waals surface area contributed by atoms with E-state index in [-0.39, 0.29) is 11.4 Å². The third-order valence-electron chi connectivity index (χ3n) is 1.16. The molecule has 1 aromatic rings. The molecule has 0 amide bonds. The lowest BCUT2D eigenvalue weighted by atomic mass is 10.4. The SMILES string of the molecule is CNc1nc(C#N)c(C#N)[nH]1. The maximum atomic E-state index is 8.46. The molecule has 0 spiro atoms. The van der Waals surface area contributed by atoms with E-state index < -0.39 is 0 Å². The number of anilines is 1. The molecule has 1 rings (SSSR count). The molecule has 0 aliphatic rings. The number of aromatic nitrogens is 2. The molecule has 1 heterocycles. The zero-order valence-electron chi connectivity index (χ0n) is 5.84. The smallest absolute Gasteiger partial charge is 0.202 e. The summed E-state index contributed by atoms with van der Waals surface area (Å²) in [5, 5.41) is 19.6. The molecule has 1 aromatic heterocycles. The van der Waals surface area contributed by atoms with Gasteiger partial charge in [0.25, 0.3) is 0 Å². The summed E-state index contributed by atoms with van der Waals surface area (Å²) in [6, 6.07) is 3.62. The Morgan fingerprint density at radius 2 is 2.18 bits per heavy atom. The molecule has 0 aliphatic heterocycles. The maximum Gasteiger partial charge on any atom is 0.202 e. The van der Waals surface area contributed by atoms with Crippen molar-refractivity contribution in [3.05, 3.63) is 11.4 Å². The van der Waals surface area contributed by atoms with E-state index in [9.17, 15) is 0 Å². The number of imidazole rings is 1. The van der Waals surface area contributed by atoms with Crippen LogP contribution in [0.1, 0.15) is 11.4 Å². The summed E-state index contributed by atoms with van der Waals surface area (Å²) in [7, 11) is 1.65. The summed E-state index contributed by atoms with van der Waals surface area (Å²) in [6.07, 6.45) is 0. The third kappa shape index (κ3) is 1.12. The van der Waals surface area contributed by atoms with E-state index in [2.05, 4.69) is 15.3 Å². The molecule has 0 aliphatic carbocycles. The van der Waals surface area contributed by atoms with Crippen molar-refractivity contribution in [1.82, 2.24) is 9.97 Å². The van der Waals surface area contributed by atoms with Crippen molar-refractivity contribution in [2.24, 2.45) is 0 Å². The molecule has 5 nitrogen and oxygen atoms in total. The molecular formula is C6H5N5. The summed E-state index contributed by atoms with van der Waals surface area (Å²) in [4.78, 5) is 6.39. The lowest BCUT2D eigenvalue weighted by Crippen LogP contribution is -1.88. The minimum absolute atomic E-state index is 0.122. The molecule has 0 bridgehead atoms. The topological polar surface area (TPSA) is 88.3 Å². The molecule has 0 saturated carbocycles. The van der Waals surface area contributed by atoms with Crippen LogP contribution >= 0.6 is 0 Å². The Bertz CT molecular complexity index is 305. The zero-order valence-corrected chi connectivity index (χ0v) is 5.84. The minimum Gasteiger partial charge on any atom is -0.359 e. The maximum absolute atomic E-state index is 8.46. The van der Waals surface area contributed by atoms with E-state index in [1.165, 1.54) is 0 Å². The second kappa shape index (κ2) is 2.72. The van der Waals surface area contributed by atoms with Gasteiger partial charge in [-0.15, -0.1) is 0 Å². The van der Waals surface area contributed by atoms with Crippen LogP contribution in [0.3, 0.4) is 0 Å². The van der Waals surface area contributed by atoms with Crippen LogP contribution < -0.4 is 5.32 Å². The Morgan fingerprint density at radius 1 is 1.45 bits per heavy atom. The molecule has 11 heavy (non-hydrogen) atoms. The molecule has 0 unspecified atom stereocenters. The molecule has 2 N–H and O–H groups in total. The van der Waals surface area contributed by atoms with E-state index in [1.54, 1.807) is 13.1 Å². The number of hydrogen-bond donors (Lipinski definition) is 2. The van der Waals surface area contributed by atoms with Gasteiger partial charge in [0, 0.05) is 7.05 Å². The number of aromatic amines is 1. The fraction of sp³-hybridized carbons (Fsp3) is 0.167. The summed E-state index contributed by atoms with van der Waals surface area (Å²) in [6.45, 7) is 0. The lowest BCUT2D eigenvalue weighted by molar-refractivity contribution is 1.24. The fourth-order valence-electron chi connectivity index (χ4n) is 0.653. The summed E-state index contributed by atoms with van der Waals surface area (Å²) in [5.41, 5.74) is 0.314. The molecule has 0 saturated heterocycles. The molecule has 54 valence electrons. The van der Waals surface area contributed by atoms with Gasteiger partial charge in [-0.3, -0.25) is 0 Å². The van der Waals surface area contributed by atoms with Crippen molar-refractivity contribution in [3.63, 3.8) is 0 Å². The molecule has 0 radical (unpaired) electrons. The van der Waals surface area contributed by atoms with Crippen molar-refractivity contribution >= 4 is 5.95 Å². The van der Waals surface area contributed by atoms with Crippen LogP contribution in [0.2, 0.25) is 0 Å². The zero-order chi connectivity index (χ0) is 8.27. The predicted molar refractivity (Wildman–Crippen MR) is 37.6 cm³/mol. The van der Waals surface area contributed by atoms with Gasteiger partial charge in [-0.05, 0) is 0 Å². The van der Waals surface area contributed by atoms with E-state index in [0.717, 1.165) is 0 Å². The Balaban J connectivity index is 3.18. The average Bonchev–Trinajstić information content (AvgIpc) is 2.46. The van der Waals surface area contributed by atoms with Crippen LogP contribution in [0.15, 0.2) is 0 Å². The first kappa shape index (κ1) is 7.10. The number of nitriles is 2. The Kier molecular flexibility index (Phi) is 1.75. The molecule has 5 heteroatoms. The van der Waals surface area contributed by atoms with Crippen molar-refractivity contribution < 1.29 is 0 Å². The van der Waals surface area contributed by atoms with Crippen LogP contribution in [0.25, 0.3) is 0 Å². The van der Waals surface area contributed by atoms with E-state index >= 15 is 0 Å². The van der Waals surface area contributed by atoms with Gasteiger partial charge in [0.1, 0.15) is 12.1 Å². The third-order valence-corrected chi connectivity index (χ3v) is 1.16. The summed E-state index contributed by atoms with van der Waals surface area (Å²) < 4.78 is 0. The first-order valence-electron chi connectivity index (χ1n) is 2.89. The average molecular weight is 147 g/mol. The standard InChI is InChI=1S/C6H5N5/c1-9-6-10-4(2-7)5(3-8)11-6/h1H3,(H2,9,10,11). The highest BCUT2D eigenvalue weighted by Gasteiger charge is 2.06. The van der Waals surface area contributed by atoms with Crippen molar-refractivity contribution in [1.29, 1.82) is 10.5 Å². The largest absolute Gasteiger partial charge is 0.359 e. The van der Waals surface area contributed by atoms with Crippen LogP contribution in [-0.4, -0.2) is 17.0 Å². The molecule has 0 fully saturated rings. The minimum atomic E-state index is 0.122. The highest BCUT2D eigenvalue weighted by molar-refractivity contribution is 5.42. The number of nitrogens with one attached hydrogen (secondary N) is 2. The second-order valence-electron chi connectivity index (χ2n) is 1.78. The van der Waals surface area contributed by atoms with Crippen LogP contribution in [-0.2, 0) is 0 Å². The quantitative estimate of drug-likeness (QED) is 0.593. The Morgan fingerprint density at radius 3 is 2.55 bits per heavy atom. The Labute approximate surface area is 63.3 Å². The highest BCUT2D eigenvalue weighted by atomic mass is 15.1. The van der Waals surface area contributed by atoms with E-state index in [1.807, 2.05) is 6.07 Å². The van der Waals surface area contributed by atoms with E-state index in [4.69, 9.17) is 10.5 Å². The molecule has 0 atom stereocenters. The normalized spacial score (nSPS) is 8.27. The van der Waals surface area contributed by atoms with Crippen molar-refractivity contribution in [2.45, 2.75) is 0 Å². The fourth-order valence-corrected chi connectivity index (χ4v) is 0.653. The van der Waals surface area contributed by atoms with Crippen LogP contribution in [0, 0.1) is 22.7 Å². The van der Waals surface area contributed by atoms with Gasteiger partial charge in [0.2, 0.25) is 5.95 Å². The van der Waals surface area contributed by atoms with Gasteiger partial charge < -0.3 is 10.3 Å². The predicted octanol–water partition coefficient (Wildman–Crippen LogP) is 0.195. The van der Waals surface area contributed by atoms with Gasteiger partial charge in [-0.2, -0.15) is 10.5 Å². The van der Waals surface area contributed by atoms with Crippen molar-refractivity contribution in [3.8, 4) is 12.1 Å². The van der Waals surface area contributed by atoms with Crippen LogP contribution in [0.5, 0.6) is 0 Å². The van der Waals surface area contributed by atoms with Gasteiger partial charge in [-0.1, -0.05) is 0 Å². The number of H-pyrrole nitrogens is 1. The van der Waals surface area contributed by atoms with Crippen LogP contribution in [0.4, 0.5) is 5.95 Å². The highest BCUT2D eigenvalue weighted by Crippen LogP contribution is 2.05. The number of hydrogen-bond acceptors (Lipinski definition) is 4. The van der Waals surface area contributed by atoms with E-state index in [0.29, 0.717) is 5.95 Å². The van der Waals surface area contributed by atoms with Crippen molar-refractivity contribution in [2.75, 3.05) is 12.4 Å². The number of rotatable bonds is 1. The monoisotopic (exact) mass is 147 g/mol. The van der Waals surface area contributed by atoms with Gasteiger partial charge in [-0.25, -0.2) is 4.98 Å². The molecule has 0 aromatic carbocycles. The molecular weight excluding hydrogens is 142 g/mol. The second-order valence-corrected chi connectivity index (χ2v) is 1.78.